The monoisotopic (exact) mass is 497 g/mol. The third kappa shape index (κ3) is 5.85. The lowest BCUT2D eigenvalue weighted by Gasteiger charge is -2.44. The van der Waals surface area contributed by atoms with E-state index in [-0.39, 0.29) is 18.1 Å². The SMILES string of the molecule is Cc1cocc1CC[C@@H](C)/C=C(\O[Si](C(C)C)(C(C)C)C(C)C)N1C(=O)OC[C@H]1c1ccccc1. The van der Waals surface area contributed by atoms with Crippen molar-refractivity contribution in [2.75, 3.05) is 6.61 Å². The van der Waals surface area contributed by atoms with Crippen LogP contribution in [-0.4, -0.2) is 25.9 Å². The standard InChI is InChI=1S/C29H43NO4Si/c1-20(2)35(21(3)4,22(5)6)34-28(16-23(7)14-15-26-18-32-17-24(26)8)30-27(19-33-29(30)31)25-12-10-9-11-13-25/h9-13,16-18,20-23,27H,14-15,19H2,1-8H3/b28-16-/t23-,27+/m1/s1. The predicted molar refractivity (Wildman–Crippen MR) is 144 cm³/mol. The molecule has 0 radical (unpaired) electrons. The van der Waals surface area contributed by atoms with Gasteiger partial charge in [0.05, 0.1) is 12.5 Å². The van der Waals surface area contributed by atoms with Crippen LogP contribution in [0.3, 0.4) is 0 Å². The summed E-state index contributed by atoms with van der Waals surface area (Å²) < 4.78 is 18.1. The van der Waals surface area contributed by atoms with Crippen LogP contribution in [0.1, 0.15) is 77.6 Å². The van der Waals surface area contributed by atoms with Gasteiger partial charge in [0.2, 0.25) is 0 Å². The number of cyclic esters (lactones) is 1. The molecule has 1 saturated heterocycles. The second kappa shape index (κ2) is 11.5. The number of ether oxygens (including phenoxy) is 1. The minimum absolute atomic E-state index is 0.198. The third-order valence-corrected chi connectivity index (χ3v) is 13.5. The maximum Gasteiger partial charge on any atom is 0.417 e. The maximum absolute atomic E-state index is 13.2. The maximum atomic E-state index is 13.2. The van der Waals surface area contributed by atoms with E-state index in [0.29, 0.717) is 29.1 Å². The van der Waals surface area contributed by atoms with Crippen molar-refractivity contribution < 1.29 is 18.4 Å². The molecule has 0 unspecified atom stereocenters. The summed E-state index contributed by atoms with van der Waals surface area (Å²) in [5, 5.41) is 0. The number of hydrogen-bond donors (Lipinski definition) is 0. The van der Waals surface area contributed by atoms with Crippen LogP contribution < -0.4 is 0 Å². The first-order chi connectivity index (χ1) is 16.6. The van der Waals surface area contributed by atoms with E-state index in [1.807, 2.05) is 24.5 Å². The van der Waals surface area contributed by atoms with Crippen molar-refractivity contribution in [2.45, 2.75) is 90.9 Å². The van der Waals surface area contributed by atoms with Crippen LogP contribution in [0.25, 0.3) is 0 Å². The van der Waals surface area contributed by atoms with Gasteiger partial charge in [0.15, 0.2) is 5.88 Å². The molecule has 0 spiro atoms. The Hall–Kier alpha value is -2.47. The molecule has 0 bridgehead atoms. The zero-order valence-corrected chi connectivity index (χ0v) is 23.7. The van der Waals surface area contributed by atoms with Crippen molar-refractivity contribution in [1.82, 2.24) is 4.90 Å². The summed E-state index contributed by atoms with van der Waals surface area (Å²) in [6.07, 6.45) is 7.31. The van der Waals surface area contributed by atoms with Gasteiger partial charge >= 0.3 is 6.09 Å². The quantitative estimate of drug-likeness (QED) is 0.231. The Morgan fingerprint density at radius 3 is 2.23 bits per heavy atom. The molecule has 5 nitrogen and oxygen atoms in total. The van der Waals surface area contributed by atoms with E-state index in [1.165, 1.54) is 11.1 Å². The Balaban J connectivity index is 2.01. The summed E-state index contributed by atoms with van der Waals surface area (Å²) in [4.78, 5) is 14.9. The zero-order chi connectivity index (χ0) is 25.8. The van der Waals surface area contributed by atoms with Gasteiger partial charge in [-0.3, -0.25) is 0 Å². The van der Waals surface area contributed by atoms with E-state index in [2.05, 4.69) is 73.6 Å². The van der Waals surface area contributed by atoms with Gasteiger partial charge in [-0.2, -0.15) is 0 Å². The first kappa shape index (κ1) is 27.1. The molecule has 1 aromatic heterocycles. The van der Waals surface area contributed by atoms with Crippen LogP contribution in [0.15, 0.2) is 59.2 Å². The molecule has 0 N–H and O–H groups in total. The summed E-state index contributed by atoms with van der Waals surface area (Å²) >= 11 is 0. The summed E-state index contributed by atoms with van der Waals surface area (Å²) in [6.45, 7) is 18.2. The second-order valence-corrected chi connectivity index (χ2v) is 16.3. The molecule has 192 valence electrons. The van der Waals surface area contributed by atoms with Gasteiger partial charge in [0.1, 0.15) is 12.6 Å². The van der Waals surface area contributed by atoms with Crippen LogP contribution in [0.4, 0.5) is 4.79 Å². The molecule has 0 saturated carbocycles. The first-order valence-electron chi connectivity index (χ1n) is 13.0. The van der Waals surface area contributed by atoms with Crippen LogP contribution in [0, 0.1) is 12.8 Å². The van der Waals surface area contributed by atoms with Crippen molar-refractivity contribution in [3.8, 4) is 0 Å². The van der Waals surface area contributed by atoms with Crippen LogP contribution in [-0.2, 0) is 15.6 Å². The summed E-state index contributed by atoms with van der Waals surface area (Å²) in [6, 6.07) is 9.92. The summed E-state index contributed by atoms with van der Waals surface area (Å²) in [5.74, 6) is 0.878. The number of amides is 1. The Kier molecular flexibility index (Phi) is 8.92. The molecular weight excluding hydrogens is 454 g/mol. The van der Waals surface area contributed by atoms with E-state index >= 15 is 0 Å². The van der Waals surface area contributed by atoms with E-state index in [9.17, 15) is 4.79 Å². The van der Waals surface area contributed by atoms with Crippen LogP contribution in [0.5, 0.6) is 0 Å². The highest BCUT2D eigenvalue weighted by Gasteiger charge is 2.49. The second-order valence-electron chi connectivity index (χ2n) is 10.9. The van der Waals surface area contributed by atoms with Crippen molar-refractivity contribution in [3.05, 3.63) is 71.5 Å². The van der Waals surface area contributed by atoms with Crippen molar-refractivity contribution in [1.29, 1.82) is 0 Å². The van der Waals surface area contributed by atoms with Gasteiger partial charge in [-0.1, -0.05) is 78.8 Å². The van der Waals surface area contributed by atoms with Gasteiger partial charge in [-0.25, -0.2) is 9.69 Å². The van der Waals surface area contributed by atoms with E-state index < -0.39 is 8.32 Å². The van der Waals surface area contributed by atoms with Crippen molar-refractivity contribution >= 4 is 14.4 Å². The number of furan rings is 1. The molecule has 1 fully saturated rings. The Morgan fingerprint density at radius 2 is 1.69 bits per heavy atom. The number of carbonyl (C=O) groups excluding carboxylic acids is 1. The fourth-order valence-corrected chi connectivity index (χ4v) is 10.9. The third-order valence-electron chi connectivity index (χ3n) is 7.54. The van der Waals surface area contributed by atoms with Crippen LogP contribution >= 0.6 is 0 Å². The average molecular weight is 498 g/mol. The highest BCUT2D eigenvalue weighted by atomic mass is 28.4. The average Bonchev–Trinajstić information content (AvgIpc) is 3.40. The van der Waals surface area contributed by atoms with Gasteiger partial charge in [0.25, 0.3) is 8.32 Å². The lowest BCUT2D eigenvalue weighted by Crippen LogP contribution is -2.49. The zero-order valence-electron chi connectivity index (χ0n) is 22.7. The predicted octanol–water partition coefficient (Wildman–Crippen LogP) is 8.38. The fourth-order valence-electron chi connectivity index (χ4n) is 5.64. The molecule has 2 heterocycles. The van der Waals surface area contributed by atoms with Gasteiger partial charge in [-0.05, 0) is 65.1 Å². The topological polar surface area (TPSA) is 51.9 Å². The number of benzene rings is 1. The molecule has 6 heteroatoms. The number of hydrogen-bond acceptors (Lipinski definition) is 4. The van der Waals surface area contributed by atoms with Crippen molar-refractivity contribution in [3.63, 3.8) is 0 Å². The molecule has 35 heavy (non-hydrogen) atoms. The molecule has 1 aromatic carbocycles. The summed E-state index contributed by atoms with van der Waals surface area (Å²) in [7, 11) is -2.30. The van der Waals surface area contributed by atoms with E-state index in [0.717, 1.165) is 18.4 Å². The van der Waals surface area contributed by atoms with Crippen molar-refractivity contribution in [2.24, 2.45) is 5.92 Å². The number of nitrogens with zero attached hydrogens (tertiary/aromatic N) is 1. The largest absolute Gasteiger partial charge is 0.531 e. The Labute approximate surface area is 212 Å². The molecule has 1 aliphatic rings. The minimum Gasteiger partial charge on any atom is -0.531 e. The smallest absolute Gasteiger partial charge is 0.417 e. The Bertz CT molecular complexity index is 973. The first-order valence-corrected chi connectivity index (χ1v) is 15.1. The Morgan fingerprint density at radius 1 is 1.06 bits per heavy atom. The number of carbonyl (C=O) groups is 1. The lowest BCUT2D eigenvalue weighted by atomic mass is 10.0. The molecule has 3 rings (SSSR count). The summed E-state index contributed by atoms with van der Waals surface area (Å²) in [5.41, 5.74) is 4.64. The number of aryl methyl sites for hydroxylation is 2. The molecule has 2 aromatic rings. The van der Waals surface area contributed by atoms with E-state index in [4.69, 9.17) is 13.6 Å². The highest BCUT2D eigenvalue weighted by molar-refractivity contribution is 6.77. The minimum atomic E-state index is -2.30. The van der Waals surface area contributed by atoms with Gasteiger partial charge in [0, 0.05) is 0 Å². The molecule has 0 aliphatic carbocycles. The highest BCUT2D eigenvalue weighted by Crippen LogP contribution is 2.45. The van der Waals surface area contributed by atoms with E-state index in [1.54, 1.807) is 11.2 Å². The molecule has 1 amide bonds. The molecule has 2 atom stereocenters. The fraction of sp³-hybridized carbons (Fsp3) is 0.552. The number of rotatable bonds is 11. The van der Waals surface area contributed by atoms with Crippen LogP contribution in [0.2, 0.25) is 16.6 Å². The molecular formula is C29H43NO4Si. The number of allylic oxidation sites excluding steroid dienone is 1. The van der Waals surface area contributed by atoms with Gasteiger partial charge < -0.3 is 13.6 Å². The van der Waals surface area contributed by atoms with Gasteiger partial charge in [-0.15, -0.1) is 0 Å². The normalized spacial score (nSPS) is 18.0. The molecule has 1 aliphatic heterocycles. The lowest BCUT2D eigenvalue weighted by molar-refractivity contribution is 0.148.